The summed E-state index contributed by atoms with van der Waals surface area (Å²) in [6.45, 7) is 2.71. The van der Waals surface area contributed by atoms with Gasteiger partial charge >= 0.3 is 0 Å². The molecular weight excluding hydrogens is 220 g/mol. The standard InChI is InChI=1S/C11H18N4S/c1-14-4-2-3-10(14)9-13-11(12)15-5-7-16-8-6-15/h2-4H,5-9H2,1H3,(H2,12,13). The molecule has 0 amide bonds. The number of aromatic nitrogens is 1. The molecule has 1 aliphatic rings. The number of aryl methyl sites for hydroxylation is 1. The van der Waals surface area contributed by atoms with Crippen LogP contribution in [0.3, 0.4) is 0 Å². The average Bonchev–Trinajstić information content (AvgIpc) is 2.73. The van der Waals surface area contributed by atoms with Gasteiger partial charge in [-0.1, -0.05) is 0 Å². The van der Waals surface area contributed by atoms with Gasteiger partial charge in [0.15, 0.2) is 5.96 Å². The highest BCUT2D eigenvalue weighted by molar-refractivity contribution is 7.99. The zero-order valence-corrected chi connectivity index (χ0v) is 10.4. The molecule has 2 rings (SSSR count). The second-order valence-electron chi connectivity index (χ2n) is 3.88. The van der Waals surface area contributed by atoms with Gasteiger partial charge in [0.05, 0.1) is 6.54 Å². The van der Waals surface area contributed by atoms with Crippen LogP contribution in [0.25, 0.3) is 0 Å². The Morgan fingerprint density at radius 2 is 2.25 bits per heavy atom. The Morgan fingerprint density at radius 1 is 1.50 bits per heavy atom. The van der Waals surface area contributed by atoms with Gasteiger partial charge in [0.2, 0.25) is 0 Å². The molecule has 0 bridgehead atoms. The van der Waals surface area contributed by atoms with Crippen molar-refractivity contribution in [2.45, 2.75) is 6.54 Å². The first-order valence-electron chi connectivity index (χ1n) is 5.50. The summed E-state index contributed by atoms with van der Waals surface area (Å²) in [4.78, 5) is 6.61. The predicted octanol–water partition coefficient (Wildman–Crippen LogP) is 0.889. The van der Waals surface area contributed by atoms with Gasteiger partial charge in [-0.3, -0.25) is 0 Å². The zero-order chi connectivity index (χ0) is 11.4. The first-order chi connectivity index (χ1) is 7.77. The lowest BCUT2D eigenvalue weighted by atomic mass is 10.4. The van der Waals surface area contributed by atoms with Crippen LogP contribution in [-0.2, 0) is 13.6 Å². The topological polar surface area (TPSA) is 46.6 Å². The number of nitrogens with zero attached hydrogens (tertiary/aromatic N) is 3. The maximum Gasteiger partial charge on any atom is 0.191 e. The van der Waals surface area contributed by atoms with E-state index < -0.39 is 0 Å². The summed E-state index contributed by atoms with van der Waals surface area (Å²) < 4.78 is 2.07. The molecule has 16 heavy (non-hydrogen) atoms. The van der Waals surface area contributed by atoms with Crippen LogP contribution in [0.4, 0.5) is 0 Å². The molecule has 2 heterocycles. The molecule has 1 aromatic rings. The van der Waals surface area contributed by atoms with E-state index in [0.717, 1.165) is 24.6 Å². The maximum atomic E-state index is 5.97. The predicted molar refractivity (Wildman–Crippen MR) is 69.6 cm³/mol. The van der Waals surface area contributed by atoms with Crippen LogP contribution in [0.15, 0.2) is 23.3 Å². The first kappa shape index (κ1) is 11.4. The van der Waals surface area contributed by atoms with Crippen LogP contribution < -0.4 is 5.73 Å². The van der Waals surface area contributed by atoms with Gasteiger partial charge in [0, 0.05) is 43.5 Å². The van der Waals surface area contributed by atoms with E-state index in [0.29, 0.717) is 12.5 Å². The monoisotopic (exact) mass is 238 g/mol. The molecule has 2 N–H and O–H groups in total. The summed E-state index contributed by atoms with van der Waals surface area (Å²) in [5.41, 5.74) is 7.16. The lowest BCUT2D eigenvalue weighted by Gasteiger charge is -2.27. The second kappa shape index (κ2) is 5.30. The van der Waals surface area contributed by atoms with Crippen molar-refractivity contribution >= 4 is 17.7 Å². The van der Waals surface area contributed by atoms with Crippen molar-refractivity contribution in [2.24, 2.45) is 17.8 Å². The number of thioether (sulfide) groups is 1. The number of rotatable bonds is 2. The third-order valence-corrected chi connectivity index (χ3v) is 3.73. The molecule has 1 aromatic heterocycles. The van der Waals surface area contributed by atoms with Gasteiger partial charge in [-0.15, -0.1) is 0 Å². The summed E-state index contributed by atoms with van der Waals surface area (Å²) in [6, 6.07) is 4.10. The molecule has 1 fully saturated rings. The summed E-state index contributed by atoms with van der Waals surface area (Å²) in [5.74, 6) is 2.99. The van der Waals surface area contributed by atoms with Crippen molar-refractivity contribution in [1.82, 2.24) is 9.47 Å². The van der Waals surface area contributed by atoms with Crippen LogP contribution >= 0.6 is 11.8 Å². The largest absolute Gasteiger partial charge is 0.370 e. The van der Waals surface area contributed by atoms with Gasteiger partial charge < -0.3 is 15.2 Å². The Hall–Kier alpha value is -1.10. The van der Waals surface area contributed by atoms with Crippen molar-refractivity contribution in [3.05, 3.63) is 24.0 Å². The highest BCUT2D eigenvalue weighted by Gasteiger charge is 2.11. The molecule has 0 radical (unpaired) electrons. The lowest BCUT2D eigenvalue weighted by molar-refractivity contribution is 0.455. The molecule has 0 atom stereocenters. The minimum Gasteiger partial charge on any atom is -0.370 e. The number of hydrogen-bond acceptors (Lipinski definition) is 2. The first-order valence-corrected chi connectivity index (χ1v) is 6.65. The summed E-state index contributed by atoms with van der Waals surface area (Å²) in [7, 11) is 2.03. The summed E-state index contributed by atoms with van der Waals surface area (Å²) in [6.07, 6.45) is 2.03. The van der Waals surface area contributed by atoms with Gasteiger partial charge in [0.1, 0.15) is 0 Å². The van der Waals surface area contributed by atoms with Gasteiger partial charge in [-0.2, -0.15) is 11.8 Å². The Bertz CT molecular complexity index is 366. The Morgan fingerprint density at radius 3 is 2.88 bits per heavy atom. The number of hydrogen-bond donors (Lipinski definition) is 1. The number of guanidine groups is 1. The summed E-state index contributed by atoms with van der Waals surface area (Å²) in [5, 5.41) is 0. The minimum atomic E-state index is 0.666. The van der Waals surface area contributed by atoms with Gasteiger partial charge in [0.25, 0.3) is 0 Å². The van der Waals surface area contributed by atoms with Crippen LogP contribution in [0, 0.1) is 0 Å². The molecule has 0 saturated carbocycles. The third kappa shape index (κ3) is 2.72. The van der Waals surface area contributed by atoms with Gasteiger partial charge in [-0.25, -0.2) is 4.99 Å². The van der Waals surface area contributed by atoms with Crippen LogP contribution in [-0.4, -0.2) is 40.0 Å². The lowest BCUT2D eigenvalue weighted by Crippen LogP contribution is -2.42. The molecule has 1 aliphatic heterocycles. The highest BCUT2D eigenvalue weighted by Crippen LogP contribution is 2.09. The van der Waals surface area contributed by atoms with Crippen LogP contribution in [0.2, 0.25) is 0 Å². The second-order valence-corrected chi connectivity index (χ2v) is 5.11. The molecule has 88 valence electrons. The Balaban J connectivity index is 1.93. The van der Waals surface area contributed by atoms with Crippen molar-refractivity contribution in [2.75, 3.05) is 24.6 Å². The van der Waals surface area contributed by atoms with Gasteiger partial charge in [-0.05, 0) is 12.1 Å². The Kier molecular flexibility index (Phi) is 3.77. The number of aliphatic imine (C=N–C) groups is 1. The maximum absolute atomic E-state index is 5.97. The highest BCUT2D eigenvalue weighted by atomic mass is 32.2. The Labute approximate surface area is 101 Å². The van der Waals surface area contributed by atoms with Crippen molar-refractivity contribution in [3.63, 3.8) is 0 Å². The van der Waals surface area contributed by atoms with E-state index in [1.54, 1.807) is 0 Å². The summed E-state index contributed by atoms with van der Waals surface area (Å²) >= 11 is 1.98. The van der Waals surface area contributed by atoms with E-state index in [1.807, 2.05) is 31.1 Å². The fourth-order valence-corrected chi connectivity index (χ4v) is 2.62. The van der Waals surface area contributed by atoms with Crippen molar-refractivity contribution in [1.29, 1.82) is 0 Å². The van der Waals surface area contributed by atoms with E-state index in [9.17, 15) is 0 Å². The fourth-order valence-electron chi connectivity index (χ4n) is 1.72. The average molecular weight is 238 g/mol. The van der Waals surface area contributed by atoms with Crippen molar-refractivity contribution in [3.8, 4) is 0 Å². The quantitative estimate of drug-likeness (QED) is 0.615. The molecule has 0 unspecified atom stereocenters. The normalized spacial score (nSPS) is 17.8. The van der Waals surface area contributed by atoms with E-state index in [4.69, 9.17) is 5.73 Å². The van der Waals surface area contributed by atoms with E-state index in [1.165, 1.54) is 5.69 Å². The smallest absolute Gasteiger partial charge is 0.191 e. The molecule has 0 spiro atoms. The van der Waals surface area contributed by atoms with E-state index >= 15 is 0 Å². The molecule has 5 heteroatoms. The van der Waals surface area contributed by atoms with Crippen LogP contribution in [0.5, 0.6) is 0 Å². The molecule has 0 aliphatic carbocycles. The van der Waals surface area contributed by atoms with Crippen LogP contribution in [0.1, 0.15) is 5.69 Å². The fraction of sp³-hybridized carbons (Fsp3) is 0.545. The SMILES string of the molecule is Cn1cccc1CN=C(N)N1CCSCC1. The third-order valence-electron chi connectivity index (χ3n) is 2.79. The molecule has 1 saturated heterocycles. The van der Waals surface area contributed by atoms with E-state index in [-0.39, 0.29) is 0 Å². The minimum absolute atomic E-state index is 0.666. The molecule has 0 aromatic carbocycles. The van der Waals surface area contributed by atoms with Crippen molar-refractivity contribution < 1.29 is 0 Å². The molecule has 4 nitrogen and oxygen atoms in total. The van der Waals surface area contributed by atoms with E-state index in [2.05, 4.69) is 20.5 Å². The number of nitrogens with two attached hydrogens (primary N) is 1. The molecular formula is C11H18N4S. The zero-order valence-electron chi connectivity index (χ0n) is 9.59.